The summed E-state index contributed by atoms with van der Waals surface area (Å²) in [6.45, 7) is 1.61. The van der Waals surface area contributed by atoms with Gasteiger partial charge in [0.2, 0.25) is 0 Å². The van der Waals surface area contributed by atoms with Crippen molar-refractivity contribution in [3.8, 4) is 5.75 Å². The minimum absolute atomic E-state index is 0.134. The molecule has 0 atom stereocenters. The van der Waals surface area contributed by atoms with Gasteiger partial charge in [-0.1, -0.05) is 35.9 Å². The van der Waals surface area contributed by atoms with Crippen molar-refractivity contribution in [2.24, 2.45) is 0 Å². The van der Waals surface area contributed by atoms with E-state index >= 15 is 0 Å². The Kier molecular flexibility index (Phi) is 5.20. The highest BCUT2D eigenvalue weighted by Gasteiger charge is 2.08. The minimum atomic E-state index is -0.284. The normalized spacial score (nSPS) is 10.2. The molecule has 2 aromatic carbocycles. The number of benzene rings is 2. The number of nitrogens with one attached hydrogen (secondary N) is 1. The molecule has 0 heterocycles. The van der Waals surface area contributed by atoms with Crippen molar-refractivity contribution in [2.75, 3.05) is 11.9 Å². The van der Waals surface area contributed by atoms with Gasteiger partial charge < -0.3 is 15.2 Å². The van der Waals surface area contributed by atoms with Gasteiger partial charge in [-0.25, -0.2) is 0 Å². The molecule has 1 amide bonds. The molecule has 0 radical (unpaired) electrons. The largest absolute Gasteiger partial charge is 0.483 e. The third-order valence-electron chi connectivity index (χ3n) is 2.98. The number of aliphatic hydroxyl groups excluding tert-OH is 1. The molecular weight excluding hydrogens is 290 g/mol. The fraction of sp³-hybridized carbons (Fsp3) is 0.188. The van der Waals surface area contributed by atoms with E-state index in [0.717, 1.165) is 5.56 Å². The standard InChI is InChI=1S/C16H16ClNO3/c1-11-6-7-13(17)8-14(11)18-16(20)10-21-15-5-3-2-4-12(15)9-19/h2-8,19H,9-10H2,1H3,(H,18,20). The lowest BCUT2D eigenvalue weighted by Gasteiger charge is -2.11. The number of carbonyl (C=O) groups excluding carboxylic acids is 1. The van der Waals surface area contributed by atoms with Crippen molar-refractivity contribution in [1.29, 1.82) is 0 Å². The second-order valence-electron chi connectivity index (χ2n) is 4.56. The van der Waals surface area contributed by atoms with E-state index in [1.54, 1.807) is 36.4 Å². The van der Waals surface area contributed by atoms with Crippen LogP contribution in [0.1, 0.15) is 11.1 Å². The zero-order valence-electron chi connectivity index (χ0n) is 11.6. The van der Waals surface area contributed by atoms with E-state index in [0.29, 0.717) is 22.0 Å². The van der Waals surface area contributed by atoms with Gasteiger partial charge in [0.1, 0.15) is 5.75 Å². The summed E-state index contributed by atoms with van der Waals surface area (Å²) in [5.74, 6) is 0.214. The van der Waals surface area contributed by atoms with Crippen LogP contribution in [0.2, 0.25) is 5.02 Å². The maximum atomic E-state index is 11.9. The molecule has 0 unspecified atom stereocenters. The average Bonchev–Trinajstić information content (AvgIpc) is 2.49. The van der Waals surface area contributed by atoms with Gasteiger partial charge in [0.05, 0.1) is 6.61 Å². The summed E-state index contributed by atoms with van der Waals surface area (Å²) in [4.78, 5) is 11.9. The van der Waals surface area contributed by atoms with Crippen LogP contribution < -0.4 is 10.1 Å². The predicted molar refractivity (Wildman–Crippen MR) is 82.7 cm³/mol. The smallest absolute Gasteiger partial charge is 0.262 e. The summed E-state index contributed by atoms with van der Waals surface area (Å²) in [5, 5.41) is 12.5. The monoisotopic (exact) mass is 305 g/mol. The number of amides is 1. The second kappa shape index (κ2) is 7.11. The minimum Gasteiger partial charge on any atom is -0.483 e. The molecule has 4 nitrogen and oxygen atoms in total. The van der Waals surface area contributed by atoms with E-state index in [4.69, 9.17) is 16.3 Å². The van der Waals surface area contributed by atoms with E-state index in [1.807, 2.05) is 13.0 Å². The molecule has 0 saturated heterocycles. The lowest BCUT2D eigenvalue weighted by atomic mass is 10.2. The van der Waals surface area contributed by atoms with Gasteiger partial charge in [0.15, 0.2) is 6.61 Å². The van der Waals surface area contributed by atoms with Gasteiger partial charge >= 0.3 is 0 Å². The van der Waals surface area contributed by atoms with Crippen molar-refractivity contribution >= 4 is 23.2 Å². The fourth-order valence-electron chi connectivity index (χ4n) is 1.83. The Balaban J connectivity index is 1.97. The molecule has 0 aromatic heterocycles. The molecule has 21 heavy (non-hydrogen) atoms. The van der Waals surface area contributed by atoms with E-state index < -0.39 is 0 Å². The van der Waals surface area contributed by atoms with Gasteiger partial charge in [-0.15, -0.1) is 0 Å². The number of halogens is 1. The number of anilines is 1. The number of aliphatic hydroxyl groups is 1. The summed E-state index contributed by atoms with van der Waals surface area (Å²) in [5.41, 5.74) is 2.22. The van der Waals surface area contributed by atoms with Crippen LogP contribution in [-0.4, -0.2) is 17.6 Å². The Morgan fingerprint density at radius 2 is 2.05 bits per heavy atom. The van der Waals surface area contributed by atoms with Crippen LogP contribution >= 0.6 is 11.6 Å². The highest BCUT2D eigenvalue weighted by molar-refractivity contribution is 6.31. The molecule has 0 saturated carbocycles. The van der Waals surface area contributed by atoms with E-state index in [2.05, 4.69) is 5.32 Å². The van der Waals surface area contributed by atoms with Gasteiger partial charge in [0, 0.05) is 16.3 Å². The number of hydrogen-bond acceptors (Lipinski definition) is 3. The van der Waals surface area contributed by atoms with E-state index in [1.165, 1.54) is 0 Å². The number of para-hydroxylation sites is 1. The summed E-state index contributed by atoms with van der Waals surface area (Å²) in [6, 6.07) is 12.3. The topological polar surface area (TPSA) is 58.6 Å². The molecule has 2 aromatic rings. The Bertz CT molecular complexity index is 643. The quantitative estimate of drug-likeness (QED) is 0.892. The highest BCUT2D eigenvalue weighted by Crippen LogP contribution is 2.21. The summed E-state index contributed by atoms with van der Waals surface area (Å²) >= 11 is 5.90. The van der Waals surface area contributed by atoms with Crippen molar-refractivity contribution in [3.63, 3.8) is 0 Å². The predicted octanol–water partition coefficient (Wildman–Crippen LogP) is 3.16. The average molecular weight is 306 g/mol. The van der Waals surface area contributed by atoms with Crippen molar-refractivity contribution < 1.29 is 14.6 Å². The van der Waals surface area contributed by atoms with Crippen LogP contribution in [0.5, 0.6) is 5.75 Å². The number of hydrogen-bond donors (Lipinski definition) is 2. The highest BCUT2D eigenvalue weighted by atomic mass is 35.5. The summed E-state index contributed by atoms with van der Waals surface area (Å²) in [7, 11) is 0. The van der Waals surface area contributed by atoms with Gasteiger partial charge in [-0.2, -0.15) is 0 Å². The lowest BCUT2D eigenvalue weighted by molar-refractivity contribution is -0.118. The van der Waals surface area contributed by atoms with Crippen LogP contribution in [0.3, 0.4) is 0 Å². The zero-order chi connectivity index (χ0) is 15.2. The number of carbonyl (C=O) groups is 1. The molecule has 0 spiro atoms. The molecule has 0 aliphatic carbocycles. The molecule has 0 fully saturated rings. The molecule has 0 bridgehead atoms. The molecule has 5 heteroatoms. The number of aryl methyl sites for hydroxylation is 1. The van der Waals surface area contributed by atoms with Gasteiger partial charge in [-0.05, 0) is 30.7 Å². The van der Waals surface area contributed by atoms with Crippen molar-refractivity contribution in [1.82, 2.24) is 0 Å². The van der Waals surface area contributed by atoms with Crippen LogP contribution in [0, 0.1) is 6.92 Å². The Morgan fingerprint density at radius 1 is 1.29 bits per heavy atom. The maximum Gasteiger partial charge on any atom is 0.262 e. The molecule has 110 valence electrons. The zero-order valence-corrected chi connectivity index (χ0v) is 12.4. The van der Waals surface area contributed by atoms with Crippen LogP contribution in [-0.2, 0) is 11.4 Å². The number of ether oxygens (including phenoxy) is 1. The second-order valence-corrected chi connectivity index (χ2v) is 5.00. The summed E-state index contributed by atoms with van der Waals surface area (Å²) < 4.78 is 5.43. The molecule has 2 N–H and O–H groups in total. The first-order chi connectivity index (χ1) is 10.1. The Morgan fingerprint density at radius 3 is 2.81 bits per heavy atom. The van der Waals surface area contributed by atoms with Crippen LogP contribution in [0.15, 0.2) is 42.5 Å². The van der Waals surface area contributed by atoms with Crippen LogP contribution in [0.25, 0.3) is 0 Å². The SMILES string of the molecule is Cc1ccc(Cl)cc1NC(=O)COc1ccccc1CO. The maximum absolute atomic E-state index is 11.9. The molecule has 0 aliphatic heterocycles. The fourth-order valence-corrected chi connectivity index (χ4v) is 2.01. The molecular formula is C16H16ClNO3. The van der Waals surface area contributed by atoms with Crippen LogP contribution in [0.4, 0.5) is 5.69 Å². The third kappa shape index (κ3) is 4.21. The lowest BCUT2D eigenvalue weighted by Crippen LogP contribution is -2.21. The van der Waals surface area contributed by atoms with Gasteiger partial charge in [-0.3, -0.25) is 4.79 Å². The summed E-state index contributed by atoms with van der Waals surface area (Å²) in [6.07, 6.45) is 0. The van der Waals surface area contributed by atoms with Crippen molar-refractivity contribution in [3.05, 3.63) is 58.6 Å². The first kappa shape index (κ1) is 15.4. The van der Waals surface area contributed by atoms with E-state index in [9.17, 15) is 9.90 Å². The number of rotatable bonds is 5. The van der Waals surface area contributed by atoms with Gasteiger partial charge in [0.25, 0.3) is 5.91 Å². The first-order valence-electron chi connectivity index (χ1n) is 6.47. The first-order valence-corrected chi connectivity index (χ1v) is 6.85. The van der Waals surface area contributed by atoms with E-state index in [-0.39, 0.29) is 19.1 Å². The Labute approximate surface area is 128 Å². The third-order valence-corrected chi connectivity index (χ3v) is 3.21. The molecule has 2 rings (SSSR count). The van der Waals surface area contributed by atoms with Crippen molar-refractivity contribution in [2.45, 2.75) is 13.5 Å². The Hall–Kier alpha value is -2.04. The molecule has 0 aliphatic rings.